The summed E-state index contributed by atoms with van der Waals surface area (Å²) in [5.74, 6) is 1.82. The van der Waals surface area contributed by atoms with E-state index >= 15 is 0 Å². The molecule has 0 radical (unpaired) electrons. The van der Waals surface area contributed by atoms with Crippen molar-refractivity contribution >= 4 is 28.1 Å². The van der Waals surface area contributed by atoms with Gasteiger partial charge in [-0.05, 0) is 42.8 Å². The normalized spacial score (nSPS) is 11.5. The van der Waals surface area contributed by atoms with Gasteiger partial charge in [0.2, 0.25) is 0 Å². The number of nitrogens with one attached hydrogen (secondary N) is 2. The van der Waals surface area contributed by atoms with Crippen LogP contribution in [0, 0.1) is 0 Å². The van der Waals surface area contributed by atoms with E-state index in [1.54, 1.807) is 43.9 Å². The second-order valence-corrected chi connectivity index (χ2v) is 8.68. The quantitative estimate of drug-likeness (QED) is 0.304. The summed E-state index contributed by atoms with van der Waals surface area (Å²) in [6, 6.07) is 22.5. The first kappa shape index (κ1) is 23.3. The Hall–Kier alpha value is -3.84. The molecule has 1 atom stereocenters. The zero-order chi connectivity index (χ0) is 23.9. The number of carbonyl (C=O) groups is 1. The minimum atomic E-state index is -0.345. The highest BCUT2D eigenvalue weighted by atomic mass is 32.1. The van der Waals surface area contributed by atoms with Crippen LogP contribution in [-0.2, 0) is 6.42 Å². The van der Waals surface area contributed by atoms with Crippen LogP contribution < -0.4 is 20.1 Å². The van der Waals surface area contributed by atoms with Gasteiger partial charge in [-0.15, -0.1) is 11.3 Å². The van der Waals surface area contributed by atoms with Crippen LogP contribution in [0.15, 0.2) is 79.0 Å². The third kappa shape index (κ3) is 5.05. The summed E-state index contributed by atoms with van der Waals surface area (Å²) >= 11 is 1.58. The molecule has 1 amide bonds. The molecule has 4 aromatic rings. The van der Waals surface area contributed by atoms with Crippen molar-refractivity contribution < 1.29 is 14.3 Å². The summed E-state index contributed by atoms with van der Waals surface area (Å²) in [4.78, 5) is 18.6. The Bertz CT molecular complexity index is 1240. The Morgan fingerprint density at radius 1 is 0.971 bits per heavy atom. The van der Waals surface area contributed by atoms with Crippen molar-refractivity contribution in [2.75, 3.05) is 24.9 Å². The zero-order valence-electron chi connectivity index (χ0n) is 19.4. The first-order valence-corrected chi connectivity index (χ1v) is 11.8. The maximum Gasteiger partial charge on any atom is 0.256 e. The van der Waals surface area contributed by atoms with E-state index in [9.17, 15) is 4.79 Å². The average molecular weight is 474 g/mol. The van der Waals surface area contributed by atoms with Crippen LogP contribution >= 0.6 is 11.3 Å². The molecule has 0 fully saturated rings. The molecule has 2 heterocycles. The van der Waals surface area contributed by atoms with Crippen molar-refractivity contribution in [1.82, 2.24) is 4.98 Å². The van der Waals surface area contributed by atoms with Gasteiger partial charge < -0.3 is 20.1 Å². The monoisotopic (exact) mass is 473 g/mol. The molecular formula is C27H27N3O3S. The van der Waals surface area contributed by atoms with E-state index in [0.717, 1.165) is 27.4 Å². The third-order valence-corrected chi connectivity index (χ3v) is 6.65. The van der Waals surface area contributed by atoms with E-state index in [2.05, 4.69) is 28.6 Å². The number of aryl methyl sites for hydroxylation is 1. The fourth-order valence-corrected chi connectivity index (χ4v) is 4.80. The van der Waals surface area contributed by atoms with E-state index in [-0.39, 0.29) is 11.9 Å². The lowest BCUT2D eigenvalue weighted by Crippen LogP contribution is -2.17. The molecule has 0 spiro atoms. The van der Waals surface area contributed by atoms with Gasteiger partial charge in [0.25, 0.3) is 5.91 Å². The van der Waals surface area contributed by atoms with Gasteiger partial charge in [0.1, 0.15) is 10.8 Å². The second-order valence-electron chi connectivity index (χ2n) is 7.55. The number of hydrogen-bond acceptors (Lipinski definition) is 6. The molecule has 0 aliphatic carbocycles. The third-order valence-electron chi connectivity index (χ3n) is 5.44. The Balaban J connectivity index is 1.82. The number of aromatic nitrogens is 1. The molecule has 0 aliphatic heterocycles. The van der Waals surface area contributed by atoms with Crippen LogP contribution in [0.1, 0.15) is 39.3 Å². The molecule has 0 saturated carbocycles. The van der Waals surface area contributed by atoms with E-state index in [4.69, 9.17) is 9.47 Å². The molecule has 174 valence electrons. The molecule has 7 heteroatoms. The number of thiophene rings is 1. The van der Waals surface area contributed by atoms with Crippen molar-refractivity contribution in [3.8, 4) is 11.5 Å². The second kappa shape index (κ2) is 10.9. The molecule has 6 nitrogen and oxygen atoms in total. The number of pyridine rings is 1. The Labute approximate surface area is 203 Å². The lowest BCUT2D eigenvalue weighted by atomic mass is 9.98. The molecule has 34 heavy (non-hydrogen) atoms. The Kier molecular flexibility index (Phi) is 7.44. The lowest BCUT2D eigenvalue weighted by molar-refractivity contribution is 0.102. The summed E-state index contributed by atoms with van der Waals surface area (Å²) in [5, 5.41) is 7.45. The zero-order valence-corrected chi connectivity index (χ0v) is 20.2. The predicted octanol–water partition coefficient (Wildman–Crippen LogP) is 6.18. The molecule has 0 aliphatic rings. The average Bonchev–Trinajstić information content (AvgIpc) is 3.30. The summed E-state index contributed by atoms with van der Waals surface area (Å²) < 4.78 is 11.3. The van der Waals surface area contributed by atoms with Gasteiger partial charge in [0.05, 0.1) is 20.3 Å². The highest BCUT2D eigenvalue weighted by Crippen LogP contribution is 2.43. The summed E-state index contributed by atoms with van der Waals surface area (Å²) in [6.07, 6.45) is 2.59. The maximum atomic E-state index is 13.0. The van der Waals surface area contributed by atoms with Crippen molar-refractivity contribution in [3.05, 3.63) is 101 Å². The maximum absolute atomic E-state index is 13.0. The molecular weight excluding hydrogens is 446 g/mol. The summed E-state index contributed by atoms with van der Waals surface area (Å²) in [5.41, 5.74) is 2.42. The standard InChI is InChI=1S/C27H27N3O3S/c1-4-19-17-21(27(34-19)30-26(31)18-11-6-5-7-12-18)24(29-23-15-8-9-16-28-23)20-13-10-14-22(32-2)25(20)33-3/h5-17,24H,4H2,1-3H3,(H,28,29)(H,30,31). The van der Waals surface area contributed by atoms with Gasteiger partial charge in [-0.2, -0.15) is 0 Å². The number of hydrogen-bond donors (Lipinski definition) is 2. The van der Waals surface area contributed by atoms with Crippen LogP contribution in [0.3, 0.4) is 0 Å². The van der Waals surface area contributed by atoms with Crippen LogP contribution in [-0.4, -0.2) is 25.1 Å². The molecule has 1 unspecified atom stereocenters. The highest BCUT2D eigenvalue weighted by Gasteiger charge is 2.26. The van der Waals surface area contributed by atoms with Crippen LogP contribution in [0.4, 0.5) is 10.8 Å². The summed E-state index contributed by atoms with van der Waals surface area (Å²) in [6.45, 7) is 2.10. The van der Waals surface area contributed by atoms with Gasteiger partial charge in [0, 0.05) is 27.8 Å². The smallest absolute Gasteiger partial charge is 0.256 e. The Morgan fingerprint density at radius 3 is 2.44 bits per heavy atom. The number of amides is 1. The molecule has 2 aromatic heterocycles. The fraction of sp³-hybridized carbons (Fsp3) is 0.185. The number of anilines is 2. The minimum absolute atomic E-state index is 0.152. The Morgan fingerprint density at radius 2 is 1.76 bits per heavy atom. The van der Waals surface area contributed by atoms with Crippen molar-refractivity contribution in [3.63, 3.8) is 0 Å². The van der Waals surface area contributed by atoms with Crippen molar-refractivity contribution in [1.29, 1.82) is 0 Å². The van der Waals surface area contributed by atoms with Gasteiger partial charge in [-0.1, -0.05) is 43.3 Å². The molecule has 0 saturated heterocycles. The minimum Gasteiger partial charge on any atom is -0.493 e. The number of ether oxygens (including phenoxy) is 2. The van der Waals surface area contributed by atoms with Crippen LogP contribution in [0.2, 0.25) is 0 Å². The number of methoxy groups -OCH3 is 2. The van der Waals surface area contributed by atoms with E-state index in [1.165, 1.54) is 0 Å². The van der Waals surface area contributed by atoms with E-state index in [1.807, 2.05) is 54.6 Å². The fourth-order valence-electron chi connectivity index (χ4n) is 3.77. The number of carbonyl (C=O) groups excluding carboxylic acids is 1. The SMILES string of the molecule is CCc1cc(C(Nc2ccccn2)c2cccc(OC)c2OC)c(NC(=O)c2ccccc2)s1. The van der Waals surface area contributed by atoms with Gasteiger partial charge in [-0.25, -0.2) is 4.98 Å². The van der Waals surface area contributed by atoms with Gasteiger partial charge in [0.15, 0.2) is 11.5 Å². The van der Waals surface area contributed by atoms with E-state index < -0.39 is 0 Å². The lowest BCUT2D eigenvalue weighted by Gasteiger charge is -2.24. The first-order chi connectivity index (χ1) is 16.6. The first-order valence-electron chi connectivity index (χ1n) is 11.0. The van der Waals surface area contributed by atoms with E-state index in [0.29, 0.717) is 22.9 Å². The number of para-hydroxylation sites is 1. The molecule has 4 rings (SSSR count). The largest absolute Gasteiger partial charge is 0.493 e. The predicted molar refractivity (Wildman–Crippen MR) is 137 cm³/mol. The molecule has 2 aromatic carbocycles. The van der Waals surface area contributed by atoms with Crippen molar-refractivity contribution in [2.45, 2.75) is 19.4 Å². The topological polar surface area (TPSA) is 72.5 Å². The number of nitrogens with zero attached hydrogens (tertiary/aromatic N) is 1. The van der Waals surface area contributed by atoms with Crippen molar-refractivity contribution in [2.24, 2.45) is 0 Å². The van der Waals surface area contributed by atoms with Crippen LogP contribution in [0.25, 0.3) is 0 Å². The summed E-state index contributed by atoms with van der Waals surface area (Å²) in [7, 11) is 3.25. The number of benzene rings is 2. The highest BCUT2D eigenvalue weighted by molar-refractivity contribution is 7.16. The van der Waals surface area contributed by atoms with Gasteiger partial charge in [-0.3, -0.25) is 4.79 Å². The number of rotatable bonds is 9. The van der Waals surface area contributed by atoms with Crippen LogP contribution in [0.5, 0.6) is 11.5 Å². The molecule has 0 bridgehead atoms. The molecule has 2 N–H and O–H groups in total. The van der Waals surface area contributed by atoms with Gasteiger partial charge >= 0.3 is 0 Å².